The molecule has 0 bridgehead atoms. The highest BCUT2D eigenvalue weighted by Crippen LogP contribution is 2.26. The fraction of sp³-hybridized carbons (Fsp3) is 0.615. The zero-order valence-corrected chi connectivity index (χ0v) is 12.0. The van der Waals surface area contributed by atoms with Gasteiger partial charge in [0.15, 0.2) is 0 Å². The molecule has 1 amide bonds. The molecule has 7 nitrogen and oxygen atoms in total. The van der Waals surface area contributed by atoms with Gasteiger partial charge in [-0.2, -0.15) is 9.97 Å². The average Bonchev–Trinajstić information content (AvgIpc) is 2.93. The molecule has 1 fully saturated rings. The lowest BCUT2D eigenvalue weighted by atomic mass is 10.2. The maximum atomic E-state index is 11.9. The van der Waals surface area contributed by atoms with E-state index in [9.17, 15) is 4.79 Å². The number of nitrogen functional groups attached to an aromatic ring is 1. The van der Waals surface area contributed by atoms with Gasteiger partial charge < -0.3 is 21.3 Å². The van der Waals surface area contributed by atoms with Crippen molar-refractivity contribution in [1.82, 2.24) is 15.3 Å². The largest absolute Gasteiger partial charge is 0.370 e. The minimum atomic E-state index is -0.173. The first kappa shape index (κ1) is 14.4. The van der Waals surface area contributed by atoms with Crippen LogP contribution in [0.3, 0.4) is 0 Å². The predicted molar refractivity (Wildman–Crippen MR) is 79.7 cm³/mol. The van der Waals surface area contributed by atoms with Gasteiger partial charge in [-0.05, 0) is 19.3 Å². The number of amides is 1. The molecule has 1 aliphatic rings. The third-order valence-electron chi connectivity index (χ3n) is 3.38. The molecule has 110 valence electrons. The van der Waals surface area contributed by atoms with Crippen molar-refractivity contribution >= 4 is 23.5 Å². The van der Waals surface area contributed by atoms with Crippen LogP contribution in [0.2, 0.25) is 0 Å². The summed E-state index contributed by atoms with van der Waals surface area (Å²) in [6, 6.07) is 1.68. The molecule has 4 N–H and O–H groups in total. The summed E-state index contributed by atoms with van der Waals surface area (Å²) in [5.74, 6) is 1.66. The van der Waals surface area contributed by atoms with Gasteiger partial charge in [0.2, 0.25) is 11.9 Å². The summed E-state index contributed by atoms with van der Waals surface area (Å²) >= 11 is 0. The number of nitrogens with zero attached hydrogens (tertiary/aromatic N) is 3. The number of carbonyl (C=O) groups is 1. The molecule has 20 heavy (non-hydrogen) atoms. The maximum Gasteiger partial charge on any atom is 0.242 e. The molecule has 0 aliphatic carbocycles. The smallest absolute Gasteiger partial charge is 0.242 e. The second-order valence-electron chi connectivity index (χ2n) is 4.86. The van der Waals surface area contributed by atoms with E-state index in [-0.39, 0.29) is 17.9 Å². The average molecular weight is 278 g/mol. The minimum absolute atomic E-state index is 0.0164. The normalized spacial score (nSPS) is 18.1. The van der Waals surface area contributed by atoms with Crippen molar-refractivity contribution in [1.29, 1.82) is 0 Å². The second-order valence-corrected chi connectivity index (χ2v) is 4.86. The Morgan fingerprint density at radius 3 is 3.05 bits per heavy atom. The van der Waals surface area contributed by atoms with Crippen molar-refractivity contribution in [3.63, 3.8) is 0 Å². The molecule has 1 unspecified atom stereocenters. The monoisotopic (exact) mass is 278 g/mol. The van der Waals surface area contributed by atoms with Crippen LogP contribution in [0.1, 0.15) is 26.2 Å². The zero-order valence-electron chi connectivity index (χ0n) is 12.0. The molecule has 1 aromatic heterocycles. The highest BCUT2D eigenvalue weighted by molar-refractivity contribution is 5.85. The highest BCUT2D eigenvalue weighted by Gasteiger charge is 2.31. The topological polar surface area (TPSA) is 96.2 Å². The predicted octanol–water partition coefficient (Wildman–Crippen LogP) is 0.596. The summed E-state index contributed by atoms with van der Waals surface area (Å²) in [4.78, 5) is 22.3. The summed E-state index contributed by atoms with van der Waals surface area (Å²) in [5, 5.41) is 5.90. The first-order valence-electron chi connectivity index (χ1n) is 7.02. The molecule has 0 radical (unpaired) electrons. The zero-order chi connectivity index (χ0) is 14.5. The minimum Gasteiger partial charge on any atom is -0.370 e. The van der Waals surface area contributed by atoms with Crippen LogP contribution in [-0.4, -0.2) is 42.1 Å². The maximum absolute atomic E-state index is 11.9. The summed E-state index contributed by atoms with van der Waals surface area (Å²) in [7, 11) is 1.65. The SMILES string of the molecule is CCCNc1cc(N2CCCC2C(=O)NC)nc(N)n1. The lowest BCUT2D eigenvalue weighted by Crippen LogP contribution is -2.42. The number of rotatable bonds is 5. The second kappa shape index (κ2) is 6.40. The molecule has 2 heterocycles. The summed E-state index contributed by atoms with van der Waals surface area (Å²) in [6.07, 6.45) is 2.81. The molecule has 1 saturated heterocycles. The molecule has 1 aliphatic heterocycles. The number of nitrogens with two attached hydrogens (primary N) is 1. The summed E-state index contributed by atoms with van der Waals surface area (Å²) < 4.78 is 0. The fourth-order valence-corrected chi connectivity index (χ4v) is 2.42. The van der Waals surface area contributed by atoms with Crippen LogP contribution < -0.4 is 21.3 Å². The first-order valence-corrected chi connectivity index (χ1v) is 7.02. The van der Waals surface area contributed by atoms with Crippen molar-refractivity contribution in [2.75, 3.05) is 36.1 Å². The molecule has 2 rings (SSSR count). The Morgan fingerprint density at radius 1 is 1.55 bits per heavy atom. The van der Waals surface area contributed by atoms with E-state index in [0.29, 0.717) is 11.6 Å². The van der Waals surface area contributed by atoms with Crippen LogP contribution in [0.4, 0.5) is 17.6 Å². The van der Waals surface area contributed by atoms with Crippen LogP contribution in [0.15, 0.2) is 6.07 Å². The van der Waals surface area contributed by atoms with E-state index in [2.05, 4.69) is 27.5 Å². The quantitative estimate of drug-likeness (QED) is 0.729. The van der Waals surface area contributed by atoms with E-state index < -0.39 is 0 Å². The van der Waals surface area contributed by atoms with Gasteiger partial charge >= 0.3 is 0 Å². The van der Waals surface area contributed by atoms with E-state index in [1.54, 1.807) is 7.05 Å². The Morgan fingerprint density at radius 2 is 2.35 bits per heavy atom. The van der Waals surface area contributed by atoms with Gasteiger partial charge in [-0.3, -0.25) is 4.79 Å². The fourth-order valence-electron chi connectivity index (χ4n) is 2.42. The summed E-state index contributed by atoms with van der Waals surface area (Å²) in [6.45, 7) is 3.72. The number of hydrogen-bond acceptors (Lipinski definition) is 6. The van der Waals surface area contributed by atoms with E-state index in [1.165, 1.54) is 0 Å². The van der Waals surface area contributed by atoms with Gasteiger partial charge in [0.25, 0.3) is 0 Å². The molecule has 0 aromatic carbocycles. The van der Waals surface area contributed by atoms with Crippen molar-refractivity contribution in [2.24, 2.45) is 0 Å². The number of likely N-dealkylation sites (N-methyl/N-ethyl adjacent to an activating group) is 1. The Kier molecular flexibility index (Phi) is 4.60. The Hall–Kier alpha value is -2.05. The van der Waals surface area contributed by atoms with E-state index >= 15 is 0 Å². The van der Waals surface area contributed by atoms with Crippen molar-refractivity contribution in [3.8, 4) is 0 Å². The third-order valence-corrected chi connectivity index (χ3v) is 3.38. The number of carbonyl (C=O) groups excluding carboxylic acids is 1. The Labute approximate surface area is 119 Å². The van der Waals surface area contributed by atoms with Crippen LogP contribution in [0.5, 0.6) is 0 Å². The van der Waals surface area contributed by atoms with Crippen LogP contribution >= 0.6 is 0 Å². The van der Waals surface area contributed by atoms with Gasteiger partial charge in [0.05, 0.1) is 0 Å². The Balaban J connectivity index is 2.22. The number of nitrogens with one attached hydrogen (secondary N) is 2. The molecule has 1 atom stereocenters. The van der Waals surface area contributed by atoms with Crippen molar-refractivity contribution in [2.45, 2.75) is 32.2 Å². The highest BCUT2D eigenvalue weighted by atomic mass is 16.2. The van der Waals surface area contributed by atoms with E-state index in [0.717, 1.165) is 32.4 Å². The molecule has 7 heteroatoms. The van der Waals surface area contributed by atoms with Gasteiger partial charge in [-0.1, -0.05) is 6.92 Å². The van der Waals surface area contributed by atoms with Gasteiger partial charge in [-0.25, -0.2) is 0 Å². The van der Waals surface area contributed by atoms with E-state index in [4.69, 9.17) is 5.73 Å². The van der Waals surface area contributed by atoms with Crippen molar-refractivity contribution in [3.05, 3.63) is 6.07 Å². The molecule has 1 aromatic rings. The number of hydrogen-bond donors (Lipinski definition) is 3. The van der Waals surface area contributed by atoms with Crippen LogP contribution in [-0.2, 0) is 4.79 Å². The third kappa shape index (κ3) is 3.09. The van der Waals surface area contributed by atoms with Crippen molar-refractivity contribution < 1.29 is 4.79 Å². The number of aromatic nitrogens is 2. The lowest BCUT2D eigenvalue weighted by Gasteiger charge is -2.24. The molecular weight excluding hydrogens is 256 g/mol. The first-order chi connectivity index (χ1) is 9.65. The van der Waals surface area contributed by atoms with Gasteiger partial charge in [0, 0.05) is 26.2 Å². The van der Waals surface area contributed by atoms with E-state index in [1.807, 2.05) is 11.0 Å². The molecular formula is C13H22N6O. The molecule has 0 spiro atoms. The van der Waals surface area contributed by atoms with Gasteiger partial charge in [0.1, 0.15) is 17.7 Å². The van der Waals surface area contributed by atoms with Crippen LogP contribution in [0.25, 0.3) is 0 Å². The Bertz CT molecular complexity index is 478. The van der Waals surface area contributed by atoms with Crippen LogP contribution in [0, 0.1) is 0 Å². The standard InChI is InChI=1S/C13H22N6O/c1-3-6-16-10-8-11(18-13(14)17-10)19-7-4-5-9(19)12(20)15-2/h8-9H,3-7H2,1-2H3,(H,15,20)(H3,14,16,17,18). The summed E-state index contributed by atoms with van der Waals surface area (Å²) in [5.41, 5.74) is 5.76. The lowest BCUT2D eigenvalue weighted by molar-refractivity contribution is -0.121. The molecule has 0 saturated carbocycles. The van der Waals surface area contributed by atoms with Gasteiger partial charge in [-0.15, -0.1) is 0 Å². The number of anilines is 3.